The van der Waals surface area contributed by atoms with Gasteiger partial charge in [-0.05, 0) is 60.2 Å². The van der Waals surface area contributed by atoms with Gasteiger partial charge in [0.2, 0.25) is 21.1 Å². The van der Waals surface area contributed by atoms with Crippen molar-refractivity contribution in [3.63, 3.8) is 0 Å². The molecule has 0 atom stereocenters. The van der Waals surface area contributed by atoms with Crippen molar-refractivity contribution in [2.75, 3.05) is 24.2 Å². The van der Waals surface area contributed by atoms with Gasteiger partial charge in [-0.25, -0.2) is 8.42 Å². The van der Waals surface area contributed by atoms with E-state index in [1.165, 1.54) is 28.2 Å². The Morgan fingerprint density at radius 2 is 1.78 bits per heavy atom. The van der Waals surface area contributed by atoms with Crippen LogP contribution in [0.25, 0.3) is 5.69 Å². The predicted molar refractivity (Wildman–Crippen MR) is 125 cm³/mol. The number of carbonyl (C=O) groups is 1. The number of anilines is 1. The van der Waals surface area contributed by atoms with Gasteiger partial charge in [-0.1, -0.05) is 43.3 Å². The van der Waals surface area contributed by atoms with Gasteiger partial charge in [-0.15, -0.1) is 5.10 Å². The summed E-state index contributed by atoms with van der Waals surface area (Å²) in [5.41, 5.74) is 3.55. The average Bonchev–Trinajstić information content (AvgIpc) is 3.21. The van der Waals surface area contributed by atoms with Crippen LogP contribution in [0.4, 0.5) is 5.69 Å². The molecular weight excluding hydrogens is 448 g/mol. The molecule has 3 rings (SSSR count). The number of tetrazole rings is 1. The minimum Gasteiger partial charge on any atom is -0.325 e. The van der Waals surface area contributed by atoms with Crippen molar-refractivity contribution in [1.29, 1.82) is 0 Å². The summed E-state index contributed by atoms with van der Waals surface area (Å²) in [6, 6.07) is 12.1. The molecular formula is C21H26N6O3S2. The lowest BCUT2D eigenvalue weighted by Crippen LogP contribution is -2.30. The molecule has 0 bridgehead atoms. The van der Waals surface area contributed by atoms with Crippen LogP contribution in [0, 0.1) is 13.8 Å². The van der Waals surface area contributed by atoms with Crippen molar-refractivity contribution < 1.29 is 13.2 Å². The van der Waals surface area contributed by atoms with Crippen LogP contribution >= 0.6 is 11.8 Å². The number of rotatable bonds is 9. The first-order chi connectivity index (χ1) is 15.3. The van der Waals surface area contributed by atoms with Crippen LogP contribution in [0.1, 0.15) is 25.0 Å². The lowest BCUT2D eigenvalue weighted by Gasteiger charge is -2.18. The van der Waals surface area contributed by atoms with Gasteiger partial charge >= 0.3 is 0 Å². The molecule has 32 heavy (non-hydrogen) atoms. The highest BCUT2D eigenvalue weighted by atomic mass is 32.2. The molecule has 0 spiro atoms. The monoisotopic (exact) mass is 474 g/mol. The molecule has 1 amide bonds. The van der Waals surface area contributed by atoms with Gasteiger partial charge in [-0.2, -0.15) is 8.99 Å². The van der Waals surface area contributed by atoms with Crippen molar-refractivity contribution in [3.8, 4) is 5.69 Å². The van der Waals surface area contributed by atoms with Gasteiger partial charge in [0.15, 0.2) is 0 Å². The van der Waals surface area contributed by atoms with Gasteiger partial charge in [0.25, 0.3) is 0 Å². The van der Waals surface area contributed by atoms with Crippen LogP contribution in [0.3, 0.4) is 0 Å². The third kappa shape index (κ3) is 5.34. The van der Waals surface area contributed by atoms with Gasteiger partial charge < -0.3 is 5.32 Å². The number of aromatic nitrogens is 4. The van der Waals surface area contributed by atoms with Crippen LogP contribution in [0.5, 0.6) is 0 Å². The number of nitrogens with zero attached hydrogens (tertiary/aromatic N) is 5. The Labute approximate surface area is 192 Å². The topological polar surface area (TPSA) is 110 Å². The number of hydrogen-bond donors (Lipinski definition) is 1. The maximum absolute atomic E-state index is 12.6. The maximum atomic E-state index is 12.6. The first kappa shape index (κ1) is 23.9. The van der Waals surface area contributed by atoms with Crippen LogP contribution in [-0.2, 0) is 14.8 Å². The minimum atomic E-state index is -3.53. The summed E-state index contributed by atoms with van der Waals surface area (Å²) < 4.78 is 28.1. The zero-order chi connectivity index (χ0) is 23.3. The van der Waals surface area contributed by atoms with Crippen LogP contribution in [0.15, 0.2) is 52.5 Å². The minimum absolute atomic E-state index is 0.102. The van der Waals surface area contributed by atoms with Crippen LogP contribution < -0.4 is 5.32 Å². The van der Waals surface area contributed by atoms with E-state index in [1.807, 2.05) is 32.0 Å². The summed E-state index contributed by atoms with van der Waals surface area (Å²) in [6.45, 7) is 8.39. The van der Waals surface area contributed by atoms with Gasteiger partial charge in [0, 0.05) is 18.8 Å². The quantitative estimate of drug-likeness (QED) is 0.475. The highest BCUT2D eigenvalue weighted by Gasteiger charge is 2.21. The van der Waals surface area contributed by atoms with Gasteiger partial charge in [0.05, 0.1) is 16.3 Å². The Morgan fingerprint density at radius 1 is 1.09 bits per heavy atom. The fourth-order valence-corrected chi connectivity index (χ4v) is 5.35. The van der Waals surface area contributed by atoms with E-state index in [2.05, 4.69) is 20.8 Å². The van der Waals surface area contributed by atoms with Gasteiger partial charge in [0.1, 0.15) is 0 Å². The summed E-state index contributed by atoms with van der Waals surface area (Å²) >= 11 is 1.22. The number of amides is 1. The van der Waals surface area contributed by atoms with Crippen molar-refractivity contribution in [2.45, 2.75) is 37.7 Å². The number of aryl methyl sites for hydroxylation is 2. The first-order valence-corrected chi connectivity index (χ1v) is 12.6. The van der Waals surface area contributed by atoms with E-state index in [0.29, 0.717) is 23.9 Å². The van der Waals surface area contributed by atoms with Crippen LogP contribution in [-0.4, -0.2) is 57.7 Å². The molecule has 2 aromatic carbocycles. The number of hydrogen-bond acceptors (Lipinski definition) is 7. The molecule has 0 aliphatic carbocycles. The summed E-state index contributed by atoms with van der Waals surface area (Å²) in [4.78, 5) is 12.6. The third-order valence-electron chi connectivity index (χ3n) is 4.84. The molecule has 0 aliphatic rings. The highest BCUT2D eigenvalue weighted by Crippen LogP contribution is 2.22. The van der Waals surface area contributed by atoms with Crippen molar-refractivity contribution >= 4 is 33.4 Å². The smallest absolute Gasteiger partial charge is 0.243 e. The maximum Gasteiger partial charge on any atom is 0.243 e. The molecule has 0 saturated carbocycles. The second-order valence-electron chi connectivity index (χ2n) is 7.11. The number of thioether (sulfide) groups is 1. The summed E-state index contributed by atoms with van der Waals surface area (Å²) in [7, 11) is -3.53. The summed E-state index contributed by atoms with van der Waals surface area (Å²) in [5.74, 6) is -0.144. The molecule has 1 aromatic heterocycles. The zero-order valence-corrected chi connectivity index (χ0v) is 20.1. The highest BCUT2D eigenvalue weighted by molar-refractivity contribution is 7.99. The average molecular weight is 475 g/mol. The zero-order valence-electron chi connectivity index (χ0n) is 18.4. The largest absolute Gasteiger partial charge is 0.325 e. The molecule has 9 nitrogen and oxygen atoms in total. The number of sulfonamides is 1. The van der Waals surface area contributed by atoms with E-state index in [1.54, 1.807) is 30.7 Å². The first-order valence-electron chi connectivity index (χ1n) is 10.1. The molecule has 11 heteroatoms. The lowest BCUT2D eigenvalue weighted by molar-refractivity contribution is -0.113. The number of carbonyl (C=O) groups excluding carboxylic acids is 1. The molecule has 0 aliphatic heterocycles. The Balaban J connectivity index is 1.64. The SMILES string of the molecule is CCN(CC)S(=O)(=O)c1ccc(NC(=O)CSc2nnnn2-c2ccc(C)cc2C)cc1. The fraction of sp³-hybridized carbons (Fsp3) is 0.333. The van der Waals surface area contributed by atoms with E-state index in [4.69, 9.17) is 0 Å². The predicted octanol–water partition coefficient (Wildman–Crippen LogP) is 3.04. The van der Waals surface area contributed by atoms with E-state index in [-0.39, 0.29) is 16.6 Å². The molecule has 170 valence electrons. The Morgan fingerprint density at radius 3 is 2.41 bits per heavy atom. The standard InChI is InChI=1S/C21H26N6O3S2/c1-5-26(6-2)32(29,30)18-10-8-17(9-11-18)22-20(28)14-31-21-23-24-25-27(21)19-12-7-15(3)13-16(19)4/h7-13H,5-6,14H2,1-4H3,(H,22,28). The van der Waals surface area contributed by atoms with Crippen molar-refractivity contribution in [3.05, 3.63) is 53.6 Å². The van der Waals surface area contributed by atoms with E-state index in [9.17, 15) is 13.2 Å². The molecule has 3 aromatic rings. The third-order valence-corrected chi connectivity index (χ3v) is 7.82. The van der Waals surface area contributed by atoms with E-state index >= 15 is 0 Å². The Hall–Kier alpha value is -2.76. The fourth-order valence-electron chi connectivity index (χ4n) is 3.21. The number of nitrogens with one attached hydrogen (secondary N) is 1. The summed E-state index contributed by atoms with van der Waals surface area (Å²) in [5, 5.41) is 15.1. The molecule has 0 unspecified atom stereocenters. The molecule has 1 heterocycles. The molecule has 1 N–H and O–H groups in total. The second kappa shape index (κ2) is 10.2. The number of benzene rings is 2. The normalized spacial score (nSPS) is 11.7. The second-order valence-corrected chi connectivity index (χ2v) is 9.99. The van der Waals surface area contributed by atoms with Crippen molar-refractivity contribution in [2.24, 2.45) is 0 Å². The van der Waals surface area contributed by atoms with E-state index < -0.39 is 10.0 Å². The Kier molecular flexibility index (Phi) is 7.64. The lowest BCUT2D eigenvalue weighted by atomic mass is 10.1. The molecule has 0 saturated heterocycles. The molecule has 0 radical (unpaired) electrons. The molecule has 0 fully saturated rings. The van der Waals surface area contributed by atoms with E-state index in [0.717, 1.165) is 16.8 Å². The van der Waals surface area contributed by atoms with Crippen molar-refractivity contribution in [1.82, 2.24) is 24.5 Å². The Bertz CT molecular complexity index is 1190. The summed E-state index contributed by atoms with van der Waals surface area (Å²) in [6.07, 6.45) is 0. The van der Waals surface area contributed by atoms with Crippen LogP contribution in [0.2, 0.25) is 0 Å². The van der Waals surface area contributed by atoms with Gasteiger partial charge in [-0.3, -0.25) is 4.79 Å².